The van der Waals surface area contributed by atoms with Crippen LogP contribution in [0.4, 0.5) is 10.8 Å². The molecule has 4 nitrogen and oxygen atoms in total. The first kappa shape index (κ1) is 16.6. The molecule has 138 valence electrons. The molecule has 2 heterocycles. The van der Waals surface area contributed by atoms with Crippen LogP contribution in [0.3, 0.4) is 0 Å². The molecule has 5 rings (SSSR count). The van der Waals surface area contributed by atoms with Gasteiger partial charge in [-0.05, 0) is 36.5 Å². The SMILES string of the molecule is c1cc2c(cc1Nc1nc(-c3ccc(C4CCCC4)cc3)cs1)OCCO2. The van der Waals surface area contributed by atoms with Gasteiger partial charge < -0.3 is 14.8 Å². The maximum atomic E-state index is 5.65. The summed E-state index contributed by atoms with van der Waals surface area (Å²) in [4.78, 5) is 4.75. The van der Waals surface area contributed by atoms with Crippen LogP contribution in [0, 0.1) is 0 Å². The van der Waals surface area contributed by atoms with Crippen molar-refractivity contribution in [1.82, 2.24) is 4.98 Å². The quantitative estimate of drug-likeness (QED) is 0.606. The summed E-state index contributed by atoms with van der Waals surface area (Å²) in [5.74, 6) is 2.33. The van der Waals surface area contributed by atoms with Crippen LogP contribution in [0.25, 0.3) is 11.3 Å². The lowest BCUT2D eigenvalue weighted by atomic mass is 9.96. The molecule has 27 heavy (non-hydrogen) atoms. The zero-order valence-electron chi connectivity index (χ0n) is 15.1. The maximum Gasteiger partial charge on any atom is 0.187 e. The number of anilines is 2. The number of aromatic nitrogens is 1. The Hall–Kier alpha value is -2.53. The molecule has 1 aromatic heterocycles. The van der Waals surface area contributed by atoms with Crippen molar-refractivity contribution >= 4 is 22.2 Å². The minimum absolute atomic E-state index is 0.592. The third-order valence-corrected chi connectivity index (χ3v) is 6.09. The first-order valence-electron chi connectivity index (χ1n) is 9.58. The third-order valence-electron chi connectivity index (χ3n) is 5.33. The normalized spacial score (nSPS) is 16.4. The lowest BCUT2D eigenvalue weighted by Gasteiger charge is -2.18. The predicted molar refractivity (Wildman–Crippen MR) is 109 cm³/mol. The van der Waals surface area contributed by atoms with Crippen LogP contribution in [0.1, 0.15) is 37.2 Å². The van der Waals surface area contributed by atoms with E-state index in [2.05, 4.69) is 35.0 Å². The smallest absolute Gasteiger partial charge is 0.187 e. The second kappa shape index (κ2) is 7.24. The highest BCUT2D eigenvalue weighted by Crippen LogP contribution is 2.36. The number of hydrogen-bond donors (Lipinski definition) is 1. The Labute approximate surface area is 163 Å². The van der Waals surface area contributed by atoms with E-state index in [1.807, 2.05) is 18.2 Å². The van der Waals surface area contributed by atoms with Crippen LogP contribution in [0.5, 0.6) is 11.5 Å². The molecule has 1 N–H and O–H groups in total. The number of rotatable bonds is 4. The standard InChI is InChI=1S/C22H22N2O2S/c1-2-4-15(3-1)16-5-7-17(8-6-16)19-14-27-22(24-19)23-18-9-10-20-21(13-18)26-12-11-25-20/h5-10,13-15H,1-4,11-12H2,(H,23,24). The van der Waals surface area contributed by atoms with Crippen LogP contribution < -0.4 is 14.8 Å². The minimum Gasteiger partial charge on any atom is -0.486 e. The van der Waals surface area contributed by atoms with E-state index in [1.165, 1.54) is 36.8 Å². The highest BCUT2D eigenvalue weighted by molar-refractivity contribution is 7.14. The number of nitrogens with one attached hydrogen (secondary N) is 1. The molecule has 0 bridgehead atoms. The first-order chi connectivity index (χ1) is 13.3. The summed E-state index contributed by atoms with van der Waals surface area (Å²) in [6, 6.07) is 14.9. The number of ether oxygens (including phenoxy) is 2. The lowest BCUT2D eigenvalue weighted by molar-refractivity contribution is 0.171. The Morgan fingerprint density at radius 3 is 2.52 bits per heavy atom. The van der Waals surface area contributed by atoms with Crippen molar-refractivity contribution in [1.29, 1.82) is 0 Å². The second-order valence-electron chi connectivity index (χ2n) is 7.12. The highest BCUT2D eigenvalue weighted by atomic mass is 32.1. The average molecular weight is 378 g/mol. The molecular weight excluding hydrogens is 356 g/mol. The molecule has 0 saturated heterocycles. The first-order valence-corrected chi connectivity index (χ1v) is 10.5. The monoisotopic (exact) mass is 378 g/mol. The van der Waals surface area contributed by atoms with Gasteiger partial charge in [-0.15, -0.1) is 11.3 Å². The van der Waals surface area contributed by atoms with Crippen molar-refractivity contribution in [3.8, 4) is 22.8 Å². The molecule has 1 aliphatic carbocycles. The van der Waals surface area contributed by atoms with Gasteiger partial charge in [0.05, 0.1) is 5.69 Å². The van der Waals surface area contributed by atoms with Crippen molar-refractivity contribution in [3.05, 3.63) is 53.4 Å². The van der Waals surface area contributed by atoms with Crippen molar-refractivity contribution in [3.63, 3.8) is 0 Å². The second-order valence-corrected chi connectivity index (χ2v) is 7.98. The van der Waals surface area contributed by atoms with E-state index < -0.39 is 0 Å². The van der Waals surface area contributed by atoms with Gasteiger partial charge in [-0.2, -0.15) is 0 Å². The van der Waals surface area contributed by atoms with E-state index >= 15 is 0 Å². The van der Waals surface area contributed by atoms with Crippen LogP contribution in [0.15, 0.2) is 47.8 Å². The van der Waals surface area contributed by atoms with E-state index in [1.54, 1.807) is 11.3 Å². The molecule has 0 atom stereocenters. The number of nitrogens with zero attached hydrogens (tertiary/aromatic N) is 1. The largest absolute Gasteiger partial charge is 0.486 e. The lowest BCUT2D eigenvalue weighted by Crippen LogP contribution is -2.15. The molecule has 0 amide bonds. The van der Waals surface area contributed by atoms with Crippen LogP contribution in [-0.4, -0.2) is 18.2 Å². The van der Waals surface area contributed by atoms with Gasteiger partial charge in [0.25, 0.3) is 0 Å². The zero-order chi connectivity index (χ0) is 18.1. The molecule has 1 aliphatic heterocycles. The number of benzene rings is 2. The molecule has 2 aromatic carbocycles. The molecular formula is C22H22N2O2S. The number of thiazole rings is 1. The van der Waals surface area contributed by atoms with Gasteiger partial charge in [0.1, 0.15) is 13.2 Å². The van der Waals surface area contributed by atoms with Crippen molar-refractivity contribution in [2.75, 3.05) is 18.5 Å². The molecule has 5 heteroatoms. The van der Waals surface area contributed by atoms with Crippen molar-refractivity contribution in [2.24, 2.45) is 0 Å². The summed E-state index contributed by atoms with van der Waals surface area (Å²) in [5.41, 5.74) is 4.61. The van der Waals surface area contributed by atoms with E-state index in [0.717, 1.165) is 33.9 Å². The third kappa shape index (κ3) is 3.52. The molecule has 0 unspecified atom stereocenters. The van der Waals surface area contributed by atoms with Crippen LogP contribution in [-0.2, 0) is 0 Å². The maximum absolute atomic E-state index is 5.65. The summed E-state index contributed by atoms with van der Waals surface area (Å²) >= 11 is 1.61. The van der Waals surface area contributed by atoms with Crippen molar-refractivity contribution in [2.45, 2.75) is 31.6 Å². The summed E-state index contributed by atoms with van der Waals surface area (Å²) < 4.78 is 11.2. The molecule has 0 radical (unpaired) electrons. The molecule has 2 aliphatic rings. The fraction of sp³-hybridized carbons (Fsp3) is 0.318. The number of hydrogen-bond acceptors (Lipinski definition) is 5. The topological polar surface area (TPSA) is 43.4 Å². The fourth-order valence-electron chi connectivity index (χ4n) is 3.89. The van der Waals surface area contributed by atoms with Gasteiger partial charge in [0, 0.05) is 22.7 Å². The fourth-order valence-corrected chi connectivity index (χ4v) is 4.63. The van der Waals surface area contributed by atoms with E-state index in [4.69, 9.17) is 14.5 Å². The Morgan fingerprint density at radius 1 is 0.926 bits per heavy atom. The molecule has 1 fully saturated rings. The summed E-state index contributed by atoms with van der Waals surface area (Å²) in [7, 11) is 0. The van der Waals surface area contributed by atoms with Crippen LogP contribution in [0.2, 0.25) is 0 Å². The van der Waals surface area contributed by atoms with Gasteiger partial charge in [-0.3, -0.25) is 0 Å². The van der Waals surface area contributed by atoms with Gasteiger partial charge in [0.15, 0.2) is 16.6 Å². The van der Waals surface area contributed by atoms with Crippen LogP contribution >= 0.6 is 11.3 Å². The Bertz CT molecular complexity index is 930. The average Bonchev–Trinajstić information content (AvgIpc) is 3.40. The Balaban J connectivity index is 1.31. The van der Waals surface area contributed by atoms with E-state index in [9.17, 15) is 0 Å². The zero-order valence-corrected chi connectivity index (χ0v) is 15.9. The molecule has 0 spiro atoms. The molecule has 1 saturated carbocycles. The predicted octanol–water partition coefficient (Wildman–Crippen LogP) is 5.98. The molecule has 3 aromatic rings. The summed E-state index contributed by atoms with van der Waals surface area (Å²) in [6.07, 6.45) is 5.40. The summed E-state index contributed by atoms with van der Waals surface area (Å²) in [5, 5.41) is 6.35. The minimum atomic E-state index is 0.592. The number of fused-ring (bicyclic) bond motifs is 1. The van der Waals surface area contributed by atoms with Gasteiger partial charge in [-0.1, -0.05) is 37.1 Å². The van der Waals surface area contributed by atoms with Gasteiger partial charge in [0.2, 0.25) is 0 Å². The van der Waals surface area contributed by atoms with E-state index in [0.29, 0.717) is 13.2 Å². The van der Waals surface area contributed by atoms with Gasteiger partial charge >= 0.3 is 0 Å². The Kier molecular flexibility index (Phi) is 4.46. The highest BCUT2D eigenvalue weighted by Gasteiger charge is 2.17. The van der Waals surface area contributed by atoms with Crippen molar-refractivity contribution < 1.29 is 9.47 Å². The van der Waals surface area contributed by atoms with E-state index in [-0.39, 0.29) is 0 Å². The Morgan fingerprint density at radius 2 is 1.70 bits per heavy atom. The van der Waals surface area contributed by atoms with Gasteiger partial charge in [-0.25, -0.2) is 4.98 Å². The summed E-state index contributed by atoms with van der Waals surface area (Å²) in [6.45, 7) is 1.20.